The maximum Gasteiger partial charge on any atom is 0.144 e. The summed E-state index contributed by atoms with van der Waals surface area (Å²) in [5.74, 6) is 0.228. The van der Waals surface area contributed by atoms with Gasteiger partial charge in [-0.15, -0.1) is 0 Å². The van der Waals surface area contributed by atoms with Crippen molar-refractivity contribution in [1.82, 2.24) is 0 Å². The SMILES string of the molecule is CC(C)/C(C[C@H](C)O)=N/S(=O)C(C)(C)C. The number of aliphatic hydroxyl groups excluding tert-OH is 1. The average molecular weight is 233 g/mol. The van der Waals surface area contributed by atoms with Gasteiger partial charge in [0.15, 0.2) is 0 Å². The zero-order chi connectivity index (χ0) is 12.2. The minimum atomic E-state index is -1.23. The molecule has 2 atom stereocenters. The maximum atomic E-state index is 11.8. The van der Waals surface area contributed by atoms with Gasteiger partial charge in [0.2, 0.25) is 0 Å². The van der Waals surface area contributed by atoms with Gasteiger partial charge in [0.05, 0.1) is 10.9 Å². The molecule has 4 heteroatoms. The van der Waals surface area contributed by atoms with E-state index >= 15 is 0 Å². The number of nitrogens with zero attached hydrogens (tertiary/aromatic N) is 1. The minimum Gasteiger partial charge on any atom is -0.393 e. The summed E-state index contributed by atoms with van der Waals surface area (Å²) < 4.78 is 15.7. The van der Waals surface area contributed by atoms with Gasteiger partial charge in [-0.3, -0.25) is 0 Å². The fourth-order valence-corrected chi connectivity index (χ4v) is 1.70. The lowest BCUT2D eigenvalue weighted by atomic mass is 10.0. The van der Waals surface area contributed by atoms with E-state index in [9.17, 15) is 9.32 Å². The first kappa shape index (κ1) is 14.8. The van der Waals surface area contributed by atoms with Crippen LogP contribution in [0.1, 0.15) is 48.0 Å². The van der Waals surface area contributed by atoms with Crippen LogP contribution in [0.15, 0.2) is 4.40 Å². The topological polar surface area (TPSA) is 49.7 Å². The van der Waals surface area contributed by atoms with Crippen molar-refractivity contribution >= 4 is 16.7 Å². The van der Waals surface area contributed by atoms with Gasteiger partial charge in [0.25, 0.3) is 0 Å². The van der Waals surface area contributed by atoms with Crippen LogP contribution in [-0.2, 0) is 11.0 Å². The highest BCUT2D eigenvalue weighted by Crippen LogP contribution is 2.15. The molecular weight excluding hydrogens is 210 g/mol. The zero-order valence-electron chi connectivity index (χ0n) is 10.6. The predicted octanol–water partition coefficient (Wildman–Crippen LogP) is 2.32. The highest BCUT2D eigenvalue weighted by molar-refractivity contribution is 7.85. The van der Waals surface area contributed by atoms with Crippen LogP contribution in [0.2, 0.25) is 0 Å². The van der Waals surface area contributed by atoms with E-state index in [2.05, 4.69) is 4.40 Å². The zero-order valence-corrected chi connectivity index (χ0v) is 11.4. The van der Waals surface area contributed by atoms with Crippen molar-refractivity contribution in [3.05, 3.63) is 0 Å². The molecule has 0 saturated heterocycles. The lowest BCUT2D eigenvalue weighted by Crippen LogP contribution is -2.23. The van der Waals surface area contributed by atoms with Gasteiger partial charge in [-0.05, 0) is 33.6 Å². The molecule has 90 valence electrons. The molecule has 0 aromatic rings. The summed E-state index contributed by atoms with van der Waals surface area (Å²) in [7, 11) is -1.23. The fourth-order valence-electron chi connectivity index (χ4n) is 0.924. The lowest BCUT2D eigenvalue weighted by Gasteiger charge is -2.17. The molecule has 0 aliphatic heterocycles. The van der Waals surface area contributed by atoms with E-state index < -0.39 is 17.1 Å². The van der Waals surface area contributed by atoms with Crippen LogP contribution in [0.25, 0.3) is 0 Å². The fraction of sp³-hybridized carbons (Fsp3) is 0.909. The predicted molar refractivity (Wildman–Crippen MR) is 66.5 cm³/mol. The van der Waals surface area contributed by atoms with Crippen LogP contribution >= 0.6 is 0 Å². The lowest BCUT2D eigenvalue weighted by molar-refractivity contribution is 0.202. The van der Waals surface area contributed by atoms with Crippen LogP contribution in [0.4, 0.5) is 0 Å². The molecular formula is C11H23NO2S. The van der Waals surface area contributed by atoms with E-state index in [0.29, 0.717) is 6.42 Å². The molecule has 1 N–H and O–H groups in total. The molecule has 0 aliphatic rings. The Morgan fingerprint density at radius 1 is 1.33 bits per heavy atom. The number of hydrogen-bond donors (Lipinski definition) is 1. The van der Waals surface area contributed by atoms with Crippen molar-refractivity contribution in [2.24, 2.45) is 10.3 Å². The summed E-state index contributed by atoms with van der Waals surface area (Å²) >= 11 is 0. The largest absolute Gasteiger partial charge is 0.393 e. The summed E-state index contributed by atoms with van der Waals surface area (Å²) in [6.07, 6.45) is 0.0718. The van der Waals surface area contributed by atoms with Crippen LogP contribution in [-0.4, -0.2) is 25.9 Å². The molecule has 0 aromatic heterocycles. The second-order valence-electron chi connectivity index (χ2n) is 5.15. The molecule has 0 rings (SSSR count). The number of rotatable bonds is 4. The first-order chi connectivity index (χ1) is 6.64. The molecule has 0 amide bonds. The molecule has 1 unspecified atom stereocenters. The Morgan fingerprint density at radius 2 is 1.80 bits per heavy atom. The van der Waals surface area contributed by atoms with Crippen molar-refractivity contribution in [2.45, 2.75) is 58.8 Å². The molecule has 0 fully saturated rings. The van der Waals surface area contributed by atoms with E-state index in [-0.39, 0.29) is 10.7 Å². The summed E-state index contributed by atoms with van der Waals surface area (Å²) in [4.78, 5) is 0. The Morgan fingerprint density at radius 3 is 2.07 bits per heavy atom. The monoisotopic (exact) mass is 233 g/mol. The molecule has 15 heavy (non-hydrogen) atoms. The molecule has 0 heterocycles. The second kappa shape index (κ2) is 5.75. The van der Waals surface area contributed by atoms with Gasteiger partial charge in [-0.2, -0.15) is 4.40 Å². The van der Waals surface area contributed by atoms with E-state index in [4.69, 9.17) is 0 Å². The third-order valence-corrected chi connectivity index (χ3v) is 3.34. The van der Waals surface area contributed by atoms with E-state index in [0.717, 1.165) is 5.71 Å². The van der Waals surface area contributed by atoms with Crippen molar-refractivity contribution in [1.29, 1.82) is 0 Å². The van der Waals surface area contributed by atoms with Crippen LogP contribution in [0, 0.1) is 5.92 Å². The van der Waals surface area contributed by atoms with Crippen molar-refractivity contribution in [2.75, 3.05) is 0 Å². The molecule has 0 aromatic carbocycles. The number of hydrogen-bond acceptors (Lipinski definition) is 2. The number of aliphatic hydroxyl groups is 1. The van der Waals surface area contributed by atoms with Gasteiger partial charge in [0.1, 0.15) is 11.0 Å². The summed E-state index contributed by atoms with van der Waals surface area (Å²) in [6, 6.07) is 0. The van der Waals surface area contributed by atoms with Gasteiger partial charge in [-0.1, -0.05) is 13.8 Å². The normalized spacial score (nSPS) is 18.0. The molecule has 0 aliphatic carbocycles. The summed E-state index contributed by atoms with van der Waals surface area (Å²) in [5.41, 5.74) is 0.832. The van der Waals surface area contributed by atoms with Crippen LogP contribution in [0.3, 0.4) is 0 Å². The van der Waals surface area contributed by atoms with Crippen molar-refractivity contribution in [3.8, 4) is 0 Å². The average Bonchev–Trinajstić information content (AvgIpc) is 1.99. The van der Waals surface area contributed by atoms with E-state index in [1.807, 2.05) is 34.6 Å². The van der Waals surface area contributed by atoms with Crippen LogP contribution < -0.4 is 0 Å². The molecule has 0 bridgehead atoms. The Bertz CT molecular complexity index is 252. The van der Waals surface area contributed by atoms with Gasteiger partial charge < -0.3 is 5.11 Å². The van der Waals surface area contributed by atoms with Crippen molar-refractivity contribution in [3.63, 3.8) is 0 Å². The van der Waals surface area contributed by atoms with E-state index in [1.54, 1.807) is 6.92 Å². The van der Waals surface area contributed by atoms with E-state index in [1.165, 1.54) is 0 Å². The molecule has 3 nitrogen and oxygen atoms in total. The van der Waals surface area contributed by atoms with Gasteiger partial charge in [-0.25, -0.2) is 4.21 Å². The quantitative estimate of drug-likeness (QED) is 0.758. The minimum absolute atomic E-state index is 0.228. The smallest absolute Gasteiger partial charge is 0.144 e. The summed E-state index contributed by atoms with van der Waals surface area (Å²) in [6.45, 7) is 11.4. The maximum absolute atomic E-state index is 11.8. The molecule has 0 saturated carbocycles. The van der Waals surface area contributed by atoms with Gasteiger partial charge >= 0.3 is 0 Å². The Labute approximate surface area is 95.6 Å². The standard InChI is InChI=1S/C11H23NO2S/c1-8(2)10(7-9(3)13)12-15(14)11(4,5)6/h8-9,13H,7H2,1-6H3/b12-10+/t9-,15?/m0/s1. The molecule has 0 spiro atoms. The second-order valence-corrected chi connectivity index (χ2v) is 7.06. The van der Waals surface area contributed by atoms with Crippen molar-refractivity contribution < 1.29 is 9.32 Å². The highest BCUT2D eigenvalue weighted by Gasteiger charge is 2.20. The Balaban J connectivity index is 4.77. The summed E-state index contributed by atoms with van der Waals surface area (Å²) in [5, 5.41) is 9.31. The Hall–Kier alpha value is -0.220. The Kier molecular flexibility index (Phi) is 5.67. The third-order valence-electron chi connectivity index (χ3n) is 1.90. The first-order valence-corrected chi connectivity index (χ1v) is 6.42. The van der Waals surface area contributed by atoms with Crippen LogP contribution in [0.5, 0.6) is 0 Å². The van der Waals surface area contributed by atoms with Gasteiger partial charge in [0, 0.05) is 12.1 Å². The highest BCUT2D eigenvalue weighted by atomic mass is 32.2. The first-order valence-electron chi connectivity index (χ1n) is 5.32. The molecule has 0 radical (unpaired) electrons. The third kappa shape index (κ3) is 6.05.